The molecule has 0 saturated carbocycles. The zero-order valence-corrected chi connectivity index (χ0v) is 14.3. The number of non-ortho nitro benzene ring substituents is 1. The first kappa shape index (κ1) is 17.1. The number of para-hydroxylation sites is 1. The minimum Gasteiger partial charge on any atom is -0.468 e. The molecule has 1 fully saturated rings. The quantitative estimate of drug-likeness (QED) is 0.474. The summed E-state index contributed by atoms with van der Waals surface area (Å²) in [4.78, 5) is 30.9. The molecule has 8 nitrogen and oxygen atoms in total. The average Bonchev–Trinajstić information content (AvgIpc) is 2.61. The molecule has 1 aromatic heterocycles. The first-order valence-electron chi connectivity index (χ1n) is 8.08. The Morgan fingerprint density at radius 3 is 2.68 bits per heavy atom. The average molecular weight is 344 g/mol. The van der Waals surface area contributed by atoms with Crippen LogP contribution in [0.1, 0.15) is 5.69 Å². The number of nitro benzene ring substituents is 1. The van der Waals surface area contributed by atoms with Crippen LogP contribution in [0.4, 0.5) is 11.4 Å². The summed E-state index contributed by atoms with van der Waals surface area (Å²) in [7, 11) is 1.39. The van der Waals surface area contributed by atoms with Crippen LogP contribution in [0.3, 0.4) is 0 Å². The van der Waals surface area contributed by atoms with Crippen LogP contribution in [-0.2, 0) is 9.53 Å². The van der Waals surface area contributed by atoms with Crippen LogP contribution < -0.4 is 4.90 Å². The molecule has 2 heterocycles. The molecule has 1 saturated heterocycles. The van der Waals surface area contributed by atoms with Gasteiger partial charge in [0.05, 0.1) is 18.6 Å². The Hall–Kier alpha value is -2.74. The summed E-state index contributed by atoms with van der Waals surface area (Å²) >= 11 is 0. The first-order valence-corrected chi connectivity index (χ1v) is 8.08. The van der Waals surface area contributed by atoms with Gasteiger partial charge in [-0.25, -0.2) is 4.98 Å². The molecule has 0 amide bonds. The lowest BCUT2D eigenvalue weighted by Gasteiger charge is -2.36. The maximum atomic E-state index is 11.4. The smallest absolute Gasteiger partial charge is 0.319 e. The number of nitro groups is 1. The third kappa shape index (κ3) is 3.53. The van der Waals surface area contributed by atoms with Crippen LogP contribution in [0.15, 0.2) is 24.3 Å². The van der Waals surface area contributed by atoms with Crippen LogP contribution in [-0.4, -0.2) is 60.6 Å². The van der Waals surface area contributed by atoms with E-state index in [9.17, 15) is 14.9 Å². The summed E-state index contributed by atoms with van der Waals surface area (Å²) in [5, 5.41) is 12.1. The van der Waals surface area contributed by atoms with E-state index >= 15 is 0 Å². The van der Waals surface area contributed by atoms with Gasteiger partial charge in [-0.1, -0.05) is 12.1 Å². The topological polar surface area (TPSA) is 88.8 Å². The molecular formula is C17H20N4O4. The molecule has 0 atom stereocenters. The van der Waals surface area contributed by atoms with Crippen molar-refractivity contribution in [3.8, 4) is 0 Å². The van der Waals surface area contributed by atoms with Gasteiger partial charge in [-0.05, 0) is 13.0 Å². The van der Waals surface area contributed by atoms with Gasteiger partial charge < -0.3 is 9.64 Å². The molecule has 0 radical (unpaired) electrons. The lowest BCUT2D eigenvalue weighted by atomic mass is 10.1. The number of nitrogens with zero attached hydrogens (tertiary/aromatic N) is 4. The summed E-state index contributed by atoms with van der Waals surface area (Å²) in [6, 6.07) is 6.99. The molecule has 3 rings (SSSR count). The van der Waals surface area contributed by atoms with E-state index in [4.69, 9.17) is 4.74 Å². The molecule has 132 valence electrons. The van der Waals surface area contributed by atoms with Gasteiger partial charge >= 0.3 is 5.97 Å². The van der Waals surface area contributed by atoms with Crippen molar-refractivity contribution in [3.05, 3.63) is 40.1 Å². The second-order valence-electron chi connectivity index (χ2n) is 6.05. The van der Waals surface area contributed by atoms with E-state index < -0.39 is 4.92 Å². The molecule has 8 heteroatoms. The van der Waals surface area contributed by atoms with Crippen molar-refractivity contribution in [1.29, 1.82) is 0 Å². The van der Waals surface area contributed by atoms with E-state index in [0.717, 1.165) is 42.9 Å². The lowest BCUT2D eigenvalue weighted by Crippen LogP contribution is -2.48. The number of pyridine rings is 1. The number of ether oxygens (including phenoxy) is 1. The Labute approximate surface area is 145 Å². The van der Waals surface area contributed by atoms with Crippen molar-refractivity contribution in [2.45, 2.75) is 6.92 Å². The van der Waals surface area contributed by atoms with Gasteiger partial charge in [0.25, 0.3) is 5.69 Å². The summed E-state index contributed by atoms with van der Waals surface area (Å²) in [6.45, 7) is 5.05. The number of aryl methyl sites for hydroxylation is 1. The minimum atomic E-state index is -0.396. The normalized spacial score (nSPS) is 15.4. The van der Waals surface area contributed by atoms with Crippen molar-refractivity contribution < 1.29 is 14.5 Å². The number of hydrogen-bond acceptors (Lipinski definition) is 7. The number of benzene rings is 1. The highest BCUT2D eigenvalue weighted by Crippen LogP contribution is 2.32. The zero-order chi connectivity index (χ0) is 18.0. The van der Waals surface area contributed by atoms with E-state index in [1.807, 2.05) is 24.0 Å². The number of hydrogen-bond donors (Lipinski definition) is 0. The van der Waals surface area contributed by atoms with Gasteiger partial charge in [0.1, 0.15) is 0 Å². The highest BCUT2D eigenvalue weighted by molar-refractivity contribution is 5.97. The Kier molecular flexibility index (Phi) is 4.80. The number of carbonyl (C=O) groups excluding carboxylic acids is 1. The summed E-state index contributed by atoms with van der Waals surface area (Å²) in [5.74, 6) is -0.241. The molecule has 0 unspecified atom stereocenters. The molecule has 2 aromatic rings. The minimum absolute atomic E-state index is 0.0202. The first-order chi connectivity index (χ1) is 12.0. The van der Waals surface area contributed by atoms with Crippen molar-refractivity contribution in [2.24, 2.45) is 0 Å². The van der Waals surface area contributed by atoms with Crippen molar-refractivity contribution >= 4 is 28.2 Å². The number of fused-ring (bicyclic) bond motifs is 1. The SMILES string of the molecule is COC(=O)CN1CCN(c2cc(C)nc3c([N+](=O)[O-])cccc23)CC1. The van der Waals surface area contributed by atoms with Crippen LogP contribution in [0.2, 0.25) is 0 Å². The summed E-state index contributed by atoms with van der Waals surface area (Å²) in [6.07, 6.45) is 0. The maximum Gasteiger partial charge on any atom is 0.319 e. The van der Waals surface area contributed by atoms with Gasteiger partial charge in [-0.15, -0.1) is 0 Å². The highest BCUT2D eigenvalue weighted by atomic mass is 16.6. The van der Waals surface area contributed by atoms with E-state index in [1.165, 1.54) is 13.2 Å². The van der Waals surface area contributed by atoms with E-state index in [0.29, 0.717) is 5.52 Å². The number of aromatic nitrogens is 1. The number of esters is 1. The second kappa shape index (κ2) is 7.02. The molecule has 1 aliphatic rings. The number of piperazine rings is 1. The Bertz CT molecular complexity index is 816. The maximum absolute atomic E-state index is 11.4. The lowest BCUT2D eigenvalue weighted by molar-refractivity contribution is -0.383. The predicted molar refractivity (Wildman–Crippen MR) is 93.8 cm³/mol. The fourth-order valence-corrected chi connectivity index (χ4v) is 3.14. The molecule has 0 aliphatic carbocycles. The third-order valence-electron chi connectivity index (χ3n) is 4.41. The molecule has 0 spiro atoms. The monoisotopic (exact) mass is 344 g/mol. The third-order valence-corrected chi connectivity index (χ3v) is 4.41. The van der Waals surface area contributed by atoms with E-state index in [-0.39, 0.29) is 18.2 Å². The van der Waals surface area contributed by atoms with Crippen molar-refractivity contribution in [1.82, 2.24) is 9.88 Å². The highest BCUT2D eigenvalue weighted by Gasteiger charge is 2.23. The fraction of sp³-hybridized carbons (Fsp3) is 0.412. The number of rotatable bonds is 4. The van der Waals surface area contributed by atoms with Crippen LogP contribution in [0.25, 0.3) is 10.9 Å². The summed E-state index contributed by atoms with van der Waals surface area (Å²) in [5.41, 5.74) is 2.13. The molecule has 0 bridgehead atoms. The Balaban J connectivity index is 1.88. The van der Waals surface area contributed by atoms with Crippen molar-refractivity contribution in [3.63, 3.8) is 0 Å². The number of anilines is 1. The van der Waals surface area contributed by atoms with Crippen molar-refractivity contribution in [2.75, 3.05) is 44.7 Å². The number of methoxy groups -OCH3 is 1. The summed E-state index contributed by atoms with van der Waals surface area (Å²) < 4.78 is 4.71. The molecular weight excluding hydrogens is 324 g/mol. The second-order valence-corrected chi connectivity index (χ2v) is 6.05. The van der Waals surface area contributed by atoms with Crippen LogP contribution in [0.5, 0.6) is 0 Å². The molecule has 0 N–H and O–H groups in total. The molecule has 1 aromatic carbocycles. The zero-order valence-electron chi connectivity index (χ0n) is 14.3. The Morgan fingerprint density at radius 2 is 2.04 bits per heavy atom. The number of carbonyl (C=O) groups is 1. The van der Waals surface area contributed by atoms with Crippen LogP contribution in [0, 0.1) is 17.0 Å². The largest absolute Gasteiger partial charge is 0.468 e. The van der Waals surface area contributed by atoms with Gasteiger partial charge in [0.2, 0.25) is 0 Å². The standard InChI is InChI=1S/C17H20N4O4/c1-12-10-15(13-4-3-5-14(21(23)24)17(13)18-12)20-8-6-19(7-9-20)11-16(22)25-2/h3-5,10H,6-9,11H2,1-2H3. The van der Waals surface area contributed by atoms with Crippen LogP contribution >= 0.6 is 0 Å². The fourth-order valence-electron chi connectivity index (χ4n) is 3.14. The Morgan fingerprint density at radius 1 is 1.32 bits per heavy atom. The van der Waals surface area contributed by atoms with Gasteiger partial charge in [-0.3, -0.25) is 19.8 Å². The molecule has 1 aliphatic heterocycles. The predicted octanol–water partition coefficient (Wildman–Crippen LogP) is 1.75. The van der Waals surface area contributed by atoms with E-state index in [1.54, 1.807) is 6.07 Å². The van der Waals surface area contributed by atoms with Gasteiger partial charge in [0, 0.05) is 49.0 Å². The van der Waals surface area contributed by atoms with E-state index in [2.05, 4.69) is 9.88 Å². The molecule has 25 heavy (non-hydrogen) atoms. The van der Waals surface area contributed by atoms with Gasteiger partial charge in [-0.2, -0.15) is 0 Å². The van der Waals surface area contributed by atoms with Gasteiger partial charge in [0.15, 0.2) is 5.52 Å².